The lowest BCUT2D eigenvalue weighted by Gasteiger charge is -2.30. The smallest absolute Gasteiger partial charge is 0.268 e. The van der Waals surface area contributed by atoms with Crippen LogP contribution in [0.3, 0.4) is 0 Å². The van der Waals surface area contributed by atoms with Crippen LogP contribution in [0.15, 0.2) is 12.2 Å². The fraction of sp³-hybridized carbons (Fsp3) is 0.941. The van der Waals surface area contributed by atoms with Crippen LogP contribution in [-0.4, -0.2) is 68.5 Å². The van der Waals surface area contributed by atoms with E-state index in [0.717, 1.165) is 51.4 Å². The third-order valence-electron chi connectivity index (χ3n) is 12.0. The van der Waals surface area contributed by atoms with E-state index >= 15 is 0 Å². The molecular weight excluding hydrogens is 768 g/mol. The van der Waals surface area contributed by atoms with Crippen molar-refractivity contribution in [3.8, 4) is 0 Å². The van der Waals surface area contributed by atoms with Crippen LogP contribution in [0.5, 0.6) is 0 Å². The standard InChI is InChI=1S/C51H103N2O6P/c1-6-8-10-12-13-14-15-16-17-18-19-20-21-22-23-24-25-26-27-28-29-30-31-32-33-34-35-36-37-38-39-41-43-45-51(55)52-49(50(54)44-42-40-11-9-7-2)48-59-60(56,57)58-47-46-53(3,4)5/h18-19,49-50,54H,6-17,20-48H2,1-5H3,(H-,52,55,56,57)/b19-18-. The first-order valence-electron chi connectivity index (χ1n) is 26.0. The summed E-state index contributed by atoms with van der Waals surface area (Å²) in [5, 5.41) is 13.7. The molecule has 0 aromatic heterocycles. The minimum absolute atomic E-state index is 0.0139. The number of nitrogens with one attached hydrogen (secondary N) is 1. The van der Waals surface area contributed by atoms with Crippen LogP contribution in [-0.2, 0) is 18.4 Å². The normalized spacial score (nSPS) is 14.2. The molecule has 0 radical (unpaired) electrons. The summed E-state index contributed by atoms with van der Waals surface area (Å²) in [6, 6.07) is -0.792. The third kappa shape index (κ3) is 45.3. The van der Waals surface area contributed by atoms with Gasteiger partial charge in [0.25, 0.3) is 7.82 Å². The zero-order valence-corrected chi connectivity index (χ0v) is 41.6. The first kappa shape index (κ1) is 59.2. The lowest BCUT2D eigenvalue weighted by molar-refractivity contribution is -0.870. The lowest BCUT2D eigenvalue weighted by atomic mass is 10.0. The second kappa shape index (κ2) is 43.5. The quantitative estimate of drug-likeness (QED) is 0.0273. The highest BCUT2D eigenvalue weighted by Gasteiger charge is 2.24. The van der Waals surface area contributed by atoms with Crippen molar-refractivity contribution >= 4 is 13.7 Å². The summed E-state index contributed by atoms with van der Waals surface area (Å²) in [6.07, 6.45) is 51.7. The van der Waals surface area contributed by atoms with Crippen molar-refractivity contribution in [1.29, 1.82) is 0 Å². The topological polar surface area (TPSA) is 108 Å². The van der Waals surface area contributed by atoms with E-state index in [0.29, 0.717) is 23.9 Å². The second-order valence-electron chi connectivity index (χ2n) is 19.2. The van der Waals surface area contributed by atoms with E-state index in [2.05, 4.69) is 31.3 Å². The first-order valence-corrected chi connectivity index (χ1v) is 27.5. The number of phosphoric ester groups is 1. The Kier molecular flexibility index (Phi) is 42.9. The predicted octanol–water partition coefficient (Wildman–Crippen LogP) is 14.5. The number of aliphatic hydroxyl groups is 1. The highest BCUT2D eigenvalue weighted by atomic mass is 31.2. The van der Waals surface area contributed by atoms with Crippen molar-refractivity contribution in [2.75, 3.05) is 40.9 Å². The van der Waals surface area contributed by atoms with Crippen molar-refractivity contribution in [2.45, 2.75) is 270 Å². The number of rotatable bonds is 48. The van der Waals surface area contributed by atoms with Crippen LogP contribution in [0.1, 0.15) is 258 Å². The van der Waals surface area contributed by atoms with E-state index in [9.17, 15) is 19.4 Å². The molecular formula is C51H103N2O6P. The van der Waals surface area contributed by atoms with Crippen LogP contribution in [0, 0.1) is 0 Å². The molecule has 0 spiro atoms. The molecule has 0 bridgehead atoms. The highest BCUT2D eigenvalue weighted by molar-refractivity contribution is 7.45. The molecule has 9 heteroatoms. The number of phosphoric acid groups is 1. The maximum Gasteiger partial charge on any atom is 0.268 e. The van der Waals surface area contributed by atoms with E-state index < -0.39 is 20.0 Å². The molecule has 0 heterocycles. The monoisotopic (exact) mass is 871 g/mol. The summed E-state index contributed by atoms with van der Waals surface area (Å²) in [4.78, 5) is 25.2. The van der Waals surface area contributed by atoms with Gasteiger partial charge in [0.15, 0.2) is 0 Å². The molecule has 0 rings (SSSR count). The minimum atomic E-state index is -4.55. The minimum Gasteiger partial charge on any atom is -0.756 e. The molecule has 358 valence electrons. The van der Waals surface area contributed by atoms with Gasteiger partial charge < -0.3 is 28.8 Å². The Bertz CT molecular complexity index is 989. The van der Waals surface area contributed by atoms with Crippen LogP contribution in [0.4, 0.5) is 0 Å². The van der Waals surface area contributed by atoms with Crippen molar-refractivity contribution in [3.05, 3.63) is 12.2 Å². The average molecular weight is 871 g/mol. The zero-order chi connectivity index (χ0) is 44.3. The number of allylic oxidation sites excluding steroid dienone is 2. The molecule has 1 amide bonds. The van der Waals surface area contributed by atoms with E-state index in [1.54, 1.807) is 0 Å². The largest absolute Gasteiger partial charge is 0.756 e. The molecule has 0 aliphatic rings. The number of amides is 1. The molecule has 8 nitrogen and oxygen atoms in total. The van der Waals surface area contributed by atoms with Gasteiger partial charge in [0.05, 0.1) is 39.9 Å². The van der Waals surface area contributed by atoms with Gasteiger partial charge in [0, 0.05) is 6.42 Å². The summed E-state index contributed by atoms with van der Waals surface area (Å²) in [5.41, 5.74) is 0. The number of unbranched alkanes of at least 4 members (excludes halogenated alkanes) is 33. The number of nitrogens with zero attached hydrogens (tertiary/aromatic N) is 1. The van der Waals surface area contributed by atoms with Gasteiger partial charge in [-0.3, -0.25) is 9.36 Å². The molecule has 2 N–H and O–H groups in total. The number of carbonyl (C=O) groups is 1. The lowest BCUT2D eigenvalue weighted by Crippen LogP contribution is -2.46. The Morgan fingerprint density at radius 3 is 1.30 bits per heavy atom. The average Bonchev–Trinajstić information content (AvgIpc) is 3.20. The van der Waals surface area contributed by atoms with Gasteiger partial charge >= 0.3 is 0 Å². The summed E-state index contributed by atoms with van der Waals surface area (Å²) in [6.45, 7) is 4.65. The SMILES string of the molecule is CCCCCCCCCC/C=C\CCCCCCCCCCCCCCCCCCCCCCCC(=O)NC(COP(=O)([O-])OCC[N+](C)(C)C)C(O)CCCCCCC. The molecule has 0 aromatic carbocycles. The van der Waals surface area contributed by atoms with E-state index in [-0.39, 0.29) is 19.1 Å². The number of quaternary nitrogens is 1. The molecule has 3 atom stereocenters. The molecule has 0 fully saturated rings. The summed E-state index contributed by atoms with van der Waals surface area (Å²) in [5.74, 6) is -0.167. The van der Waals surface area contributed by atoms with Gasteiger partial charge in [-0.1, -0.05) is 225 Å². The Labute approximate surface area is 373 Å². The molecule has 0 aliphatic heterocycles. The maximum atomic E-state index is 12.8. The predicted molar refractivity (Wildman–Crippen MR) is 256 cm³/mol. The van der Waals surface area contributed by atoms with Crippen LogP contribution >= 0.6 is 7.82 Å². The molecule has 0 saturated carbocycles. The van der Waals surface area contributed by atoms with Gasteiger partial charge in [-0.2, -0.15) is 0 Å². The van der Waals surface area contributed by atoms with Gasteiger partial charge in [-0.05, 0) is 38.5 Å². The molecule has 0 aromatic rings. The number of hydrogen-bond acceptors (Lipinski definition) is 6. The zero-order valence-electron chi connectivity index (χ0n) is 40.7. The Balaban J connectivity index is 3.74. The van der Waals surface area contributed by atoms with Crippen LogP contribution in [0.25, 0.3) is 0 Å². The summed E-state index contributed by atoms with van der Waals surface area (Å²) in [7, 11) is 1.31. The summed E-state index contributed by atoms with van der Waals surface area (Å²) < 4.78 is 23.1. The maximum absolute atomic E-state index is 12.8. The third-order valence-corrected chi connectivity index (χ3v) is 13.0. The van der Waals surface area contributed by atoms with Crippen molar-refractivity contribution in [1.82, 2.24) is 5.32 Å². The van der Waals surface area contributed by atoms with Crippen molar-refractivity contribution in [3.63, 3.8) is 0 Å². The van der Waals surface area contributed by atoms with Gasteiger partial charge in [0.1, 0.15) is 13.2 Å². The van der Waals surface area contributed by atoms with Crippen LogP contribution < -0.4 is 10.2 Å². The highest BCUT2D eigenvalue weighted by Crippen LogP contribution is 2.38. The fourth-order valence-electron chi connectivity index (χ4n) is 7.86. The number of likely N-dealkylation sites (N-methyl/N-ethyl adjacent to an activating group) is 1. The van der Waals surface area contributed by atoms with Gasteiger partial charge in [0.2, 0.25) is 5.91 Å². The molecule has 60 heavy (non-hydrogen) atoms. The summed E-state index contributed by atoms with van der Waals surface area (Å²) >= 11 is 0. The van der Waals surface area contributed by atoms with Gasteiger partial charge in [-0.15, -0.1) is 0 Å². The second-order valence-corrected chi connectivity index (χ2v) is 20.6. The fourth-order valence-corrected chi connectivity index (χ4v) is 8.58. The Morgan fingerprint density at radius 1 is 0.567 bits per heavy atom. The Morgan fingerprint density at radius 2 is 0.917 bits per heavy atom. The van der Waals surface area contributed by atoms with Crippen LogP contribution in [0.2, 0.25) is 0 Å². The van der Waals surface area contributed by atoms with Crippen molar-refractivity contribution < 1.29 is 32.9 Å². The molecule has 0 aliphatic carbocycles. The van der Waals surface area contributed by atoms with E-state index in [1.165, 1.54) is 180 Å². The number of aliphatic hydroxyl groups excluding tert-OH is 1. The van der Waals surface area contributed by atoms with E-state index in [4.69, 9.17) is 9.05 Å². The molecule has 0 saturated heterocycles. The van der Waals surface area contributed by atoms with E-state index in [1.807, 2.05) is 21.1 Å². The van der Waals surface area contributed by atoms with Crippen molar-refractivity contribution in [2.24, 2.45) is 0 Å². The number of hydrogen-bond donors (Lipinski definition) is 2. The number of carbonyl (C=O) groups excluding carboxylic acids is 1. The first-order chi connectivity index (χ1) is 29.0. The van der Waals surface area contributed by atoms with Gasteiger partial charge in [-0.25, -0.2) is 0 Å². The molecule has 3 unspecified atom stereocenters. The Hall–Kier alpha value is -0.760.